The summed E-state index contributed by atoms with van der Waals surface area (Å²) >= 11 is 0. The van der Waals surface area contributed by atoms with Gasteiger partial charge in [-0.2, -0.15) is 0 Å². The number of nitrogens with zero attached hydrogens (tertiary/aromatic N) is 1. The first-order chi connectivity index (χ1) is 11.3. The van der Waals surface area contributed by atoms with Crippen molar-refractivity contribution in [3.05, 3.63) is 0 Å². The lowest BCUT2D eigenvalue weighted by molar-refractivity contribution is -0.170. The molecular formula is C19H37N3O2. The van der Waals surface area contributed by atoms with Crippen LogP contribution in [-0.2, 0) is 9.53 Å². The number of unbranched alkanes of at least 4 members (excludes halogenated alkanes) is 1. The van der Waals surface area contributed by atoms with Crippen LogP contribution in [-0.4, -0.2) is 55.2 Å². The Labute approximate surface area is 147 Å². The minimum Gasteiger partial charge on any atom is -0.378 e. The van der Waals surface area contributed by atoms with Gasteiger partial charge in [-0.05, 0) is 51.6 Å². The van der Waals surface area contributed by atoms with E-state index < -0.39 is 5.54 Å². The molecule has 3 unspecified atom stereocenters. The quantitative estimate of drug-likeness (QED) is 0.665. The van der Waals surface area contributed by atoms with E-state index in [1.807, 2.05) is 20.8 Å². The predicted octanol–water partition coefficient (Wildman–Crippen LogP) is 2.15. The molecule has 0 radical (unpaired) electrons. The number of hydrogen-bond acceptors (Lipinski definition) is 4. The molecule has 1 saturated heterocycles. The molecule has 24 heavy (non-hydrogen) atoms. The van der Waals surface area contributed by atoms with Gasteiger partial charge in [-0.3, -0.25) is 4.79 Å². The molecule has 140 valence electrons. The molecule has 0 aromatic heterocycles. The number of nitrogens with two attached hydrogens (primary N) is 1. The smallest absolute Gasteiger partial charge is 0.240 e. The Morgan fingerprint density at radius 1 is 1.38 bits per heavy atom. The van der Waals surface area contributed by atoms with Crippen LogP contribution in [0.3, 0.4) is 0 Å². The number of nitrogens with one attached hydrogen (secondary N) is 1. The Kier molecular flexibility index (Phi) is 6.68. The molecule has 0 aromatic carbocycles. The number of likely N-dealkylation sites (tertiary alicyclic amines) is 1. The summed E-state index contributed by atoms with van der Waals surface area (Å²) in [7, 11) is 0. The second-order valence-electron chi connectivity index (χ2n) is 8.35. The number of carbonyl (C=O) groups excluding carboxylic acids is 1. The Morgan fingerprint density at radius 2 is 2.12 bits per heavy atom. The van der Waals surface area contributed by atoms with Gasteiger partial charge in [-0.1, -0.05) is 20.8 Å². The lowest BCUT2D eigenvalue weighted by Gasteiger charge is -2.57. The summed E-state index contributed by atoms with van der Waals surface area (Å²) in [6, 6.07) is 0. The molecule has 1 amide bonds. The van der Waals surface area contributed by atoms with Crippen LogP contribution >= 0.6 is 0 Å². The fourth-order valence-corrected chi connectivity index (χ4v) is 4.13. The van der Waals surface area contributed by atoms with Gasteiger partial charge in [0.25, 0.3) is 0 Å². The fourth-order valence-electron chi connectivity index (χ4n) is 4.13. The monoisotopic (exact) mass is 339 g/mol. The van der Waals surface area contributed by atoms with Crippen LogP contribution in [0.25, 0.3) is 0 Å². The van der Waals surface area contributed by atoms with E-state index in [0.717, 1.165) is 31.8 Å². The molecule has 5 heteroatoms. The summed E-state index contributed by atoms with van der Waals surface area (Å²) in [5.74, 6) is 0.810. The summed E-state index contributed by atoms with van der Waals surface area (Å²) in [6.07, 6.45) is 5.54. The first-order valence-electron chi connectivity index (χ1n) is 9.72. The Morgan fingerprint density at radius 3 is 2.75 bits per heavy atom. The van der Waals surface area contributed by atoms with Crippen LogP contribution in [0.5, 0.6) is 0 Å². The molecule has 2 rings (SSSR count). The van der Waals surface area contributed by atoms with E-state index in [-0.39, 0.29) is 17.4 Å². The van der Waals surface area contributed by atoms with Gasteiger partial charge < -0.3 is 20.7 Å². The van der Waals surface area contributed by atoms with E-state index in [1.54, 1.807) is 0 Å². The first kappa shape index (κ1) is 19.7. The Hall–Kier alpha value is -0.650. The topological polar surface area (TPSA) is 67.6 Å². The summed E-state index contributed by atoms with van der Waals surface area (Å²) in [4.78, 5) is 15.1. The zero-order chi connectivity index (χ0) is 17.8. The highest BCUT2D eigenvalue weighted by Gasteiger charge is 2.62. The molecule has 2 fully saturated rings. The lowest BCUT2D eigenvalue weighted by atomic mass is 9.54. The SMILES string of the molecule is CCOC1CC(N)(C(=O)NCCCCN2CCCC(C)C2)C1(C)C. The molecule has 1 aliphatic carbocycles. The summed E-state index contributed by atoms with van der Waals surface area (Å²) < 4.78 is 5.69. The molecule has 5 nitrogen and oxygen atoms in total. The minimum absolute atomic E-state index is 0.0185. The zero-order valence-corrected chi connectivity index (χ0v) is 16.1. The van der Waals surface area contributed by atoms with Gasteiger partial charge in [0.1, 0.15) is 5.54 Å². The van der Waals surface area contributed by atoms with Crippen LogP contribution < -0.4 is 11.1 Å². The fraction of sp³-hybridized carbons (Fsp3) is 0.947. The lowest BCUT2D eigenvalue weighted by Crippen LogP contribution is -2.75. The third kappa shape index (κ3) is 4.12. The van der Waals surface area contributed by atoms with Crippen LogP contribution in [0.2, 0.25) is 0 Å². The van der Waals surface area contributed by atoms with Gasteiger partial charge in [0.05, 0.1) is 6.10 Å². The zero-order valence-electron chi connectivity index (χ0n) is 16.1. The van der Waals surface area contributed by atoms with Gasteiger partial charge in [0, 0.05) is 31.5 Å². The van der Waals surface area contributed by atoms with Crippen molar-refractivity contribution in [3.8, 4) is 0 Å². The van der Waals surface area contributed by atoms with Crippen molar-refractivity contribution in [2.45, 2.75) is 71.4 Å². The van der Waals surface area contributed by atoms with Crippen molar-refractivity contribution in [1.29, 1.82) is 0 Å². The van der Waals surface area contributed by atoms with Gasteiger partial charge in [0.2, 0.25) is 5.91 Å². The van der Waals surface area contributed by atoms with Crippen molar-refractivity contribution in [3.63, 3.8) is 0 Å². The second-order valence-corrected chi connectivity index (χ2v) is 8.35. The Bertz CT molecular complexity index is 427. The molecule has 3 N–H and O–H groups in total. The normalized spacial score (nSPS) is 33.0. The number of hydrogen-bond donors (Lipinski definition) is 2. The summed E-state index contributed by atoms with van der Waals surface area (Å²) in [5, 5.41) is 3.05. The van der Waals surface area contributed by atoms with E-state index in [0.29, 0.717) is 13.0 Å². The molecular weight excluding hydrogens is 302 g/mol. The van der Waals surface area contributed by atoms with Crippen molar-refractivity contribution < 1.29 is 9.53 Å². The van der Waals surface area contributed by atoms with Gasteiger partial charge >= 0.3 is 0 Å². The predicted molar refractivity (Wildman–Crippen MR) is 97.8 cm³/mol. The van der Waals surface area contributed by atoms with Gasteiger partial charge in [-0.25, -0.2) is 0 Å². The second kappa shape index (κ2) is 8.15. The number of carbonyl (C=O) groups is 1. The maximum atomic E-state index is 12.5. The van der Waals surface area contributed by atoms with Crippen molar-refractivity contribution in [1.82, 2.24) is 10.2 Å². The van der Waals surface area contributed by atoms with Crippen LogP contribution in [0.4, 0.5) is 0 Å². The largest absolute Gasteiger partial charge is 0.378 e. The van der Waals surface area contributed by atoms with Gasteiger partial charge in [0.15, 0.2) is 0 Å². The standard InChI is InChI=1S/C19H37N3O2/c1-5-24-16-13-19(20,18(16,3)4)17(23)21-10-6-7-11-22-12-8-9-15(2)14-22/h15-16H,5-14,20H2,1-4H3,(H,21,23). The van der Waals surface area contributed by atoms with Crippen LogP contribution in [0.1, 0.15) is 59.8 Å². The number of amides is 1. The van der Waals surface area contributed by atoms with E-state index in [4.69, 9.17) is 10.5 Å². The molecule has 3 atom stereocenters. The van der Waals surface area contributed by atoms with Crippen LogP contribution in [0.15, 0.2) is 0 Å². The summed E-state index contributed by atoms with van der Waals surface area (Å²) in [5.41, 5.74) is 5.29. The number of piperidine rings is 1. The number of rotatable bonds is 8. The first-order valence-corrected chi connectivity index (χ1v) is 9.72. The third-order valence-corrected chi connectivity index (χ3v) is 6.16. The van der Waals surface area contributed by atoms with Gasteiger partial charge in [-0.15, -0.1) is 0 Å². The molecule has 1 heterocycles. The third-order valence-electron chi connectivity index (χ3n) is 6.16. The van der Waals surface area contributed by atoms with E-state index >= 15 is 0 Å². The number of ether oxygens (including phenoxy) is 1. The molecule has 2 aliphatic rings. The summed E-state index contributed by atoms with van der Waals surface area (Å²) in [6.45, 7) is 13.4. The minimum atomic E-state index is -0.796. The van der Waals surface area contributed by atoms with Crippen molar-refractivity contribution in [2.24, 2.45) is 17.1 Å². The van der Waals surface area contributed by atoms with Crippen molar-refractivity contribution >= 4 is 5.91 Å². The molecule has 0 spiro atoms. The highest BCUT2D eigenvalue weighted by molar-refractivity contribution is 5.88. The molecule has 1 aliphatic heterocycles. The molecule has 1 saturated carbocycles. The van der Waals surface area contributed by atoms with E-state index in [9.17, 15) is 4.79 Å². The highest BCUT2D eigenvalue weighted by atomic mass is 16.5. The average molecular weight is 340 g/mol. The molecule has 0 bridgehead atoms. The van der Waals surface area contributed by atoms with E-state index in [1.165, 1.54) is 25.9 Å². The highest BCUT2D eigenvalue weighted by Crippen LogP contribution is 2.49. The molecule has 0 aromatic rings. The maximum Gasteiger partial charge on any atom is 0.240 e. The van der Waals surface area contributed by atoms with E-state index in [2.05, 4.69) is 17.1 Å². The average Bonchev–Trinajstić information content (AvgIpc) is 2.54. The van der Waals surface area contributed by atoms with Crippen molar-refractivity contribution in [2.75, 3.05) is 32.8 Å². The van der Waals surface area contributed by atoms with Crippen LogP contribution in [0, 0.1) is 11.3 Å². The maximum absolute atomic E-state index is 12.5. The Balaban J connectivity index is 1.65.